The quantitative estimate of drug-likeness (QED) is 0.488. The van der Waals surface area contributed by atoms with Crippen LogP contribution < -0.4 is 19.9 Å². The first-order valence-electron chi connectivity index (χ1n) is 10.7. The first-order valence-corrected chi connectivity index (χ1v) is 10.7. The van der Waals surface area contributed by atoms with Crippen molar-refractivity contribution in [2.45, 2.75) is 32.5 Å². The molecular formula is C24H24F3N5O2. The molecule has 1 aliphatic heterocycles. The lowest BCUT2D eigenvalue weighted by Crippen LogP contribution is -2.45. The summed E-state index contributed by atoms with van der Waals surface area (Å²) in [5, 5.41) is 2.19. The fourth-order valence-corrected chi connectivity index (χ4v) is 3.62. The summed E-state index contributed by atoms with van der Waals surface area (Å²) in [6, 6.07) is 14.1. The van der Waals surface area contributed by atoms with E-state index in [1.165, 1.54) is 11.1 Å². The van der Waals surface area contributed by atoms with Gasteiger partial charge in [0, 0.05) is 17.4 Å². The molecule has 10 heteroatoms. The number of carbonyl (C=O) groups excluding carboxylic acids is 1. The maximum atomic E-state index is 13.7. The van der Waals surface area contributed by atoms with Gasteiger partial charge in [-0.2, -0.15) is 18.2 Å². The molecule has 0 bridgehead atoms. The molecule has 1 aliphatic rings. The van der Waals surface area contributed by atoms with E-state index >= 15 is 0 Å². The molecule has 0 atom stereocenters. The number of anilines is 4. The highest BCUT2D eigenvalue weighted by Gasteiger charge is 2.35. The maximum Gasteiger partial charge on any atom is 0.405 e. The minimum absolute atomic E-state index is 0.167. The molecule has 0 fully saturated rings. The molecule has 0 radical (unpaired) electrons. The minimum atomic E-state index is -4.42. The van der Waals surface area contributed by atoms with Crippen molar-refractivity contribution in [1.29, 1.82) is 0 Å². The van der Waals surface area contributed by atoms with Crippen LogP contribution in [-0.2, 0) is 6.54 Å². The largest absolute Gasteiger partial charge is 0.497 e. The van der Waals surface area contributed by atoms with Crippen LogP contribution in [0.25, 0.3) is 0 Å². The summed E-state index contributed by atoms with van der Waals surface area (Å²) in [6.45, 7) is 3.02. The van der Waals surface area contributed by atoms with E-state index < -0.39 is 12.7 Å². The van der Waals surface area contributed by atoms with Gasteiger partial charge in [-0.25, -0.2) is 14.7 Å². The van der Waals surface area contributed by atoms with Crippen LogP contribution >= 0.6 is 0 Å². The molecule has 1 N–H and O–H groups in total. The number of hydrogen-bond acceptors (Lipinski definition) is 5. The Morgan fingerprint density at radius 3 is 2.29 bits per heavy atom. The van der Waals surface area contributed by atoms with Crippen LogP contribution in [-0.4, -0.2) is 35.8 Å². The Labute approximate surface area is 195 Å². The molecule has 2 heterocycles. The molecule has 0 unspecified atom stereocenters. The van der Waals surface area contributed by atoms with Gasteiger partial charge in [0.05, 0.1) is 19.3 Å². The first-order chi connectivity index (χ1) is 16.2. The van der Waals surface area contributed by atoms with Crippen LogP contribution in [0.4, 0.5) is 41.1 Å². The smallest absolute Gasteiger partial charge is 0.405 e. The molecule has 4 rings (SSSR count). The van der Waals surface area contributed by atoms with Gasteiger partial charge in [0.2, 0.25) is 5.95 Å². The minimum Gasteiger partial charge on any atom is -0.497 e. The molecule has 1 aromatic heterocycles. The van der Waals surface area contributed by atoms with E-state index in [-0.39, 0.29) is 24.3 Å². The van der Waals surface area contributed by atoms with Crippen LogP contribution in [0.15, 0.2) is 54.7 Å². The third kappa shape index (κ3) is 4.90. The summed E-state index contributed by atoms with van der Waals surface area (Å²) in [7, 11) is 1.56. The highest BCUT2D eigenvalue weighted by Crippen LogP contribution is 2.37. The summed E-state index contributed by atoms with van der Waals surface area (Å²) in [4.78, 5) is 24.9. The Kier molecular flexibility index (Phi) is 6.32. The number of benzene rings is 2. The summed E-state index contributed by atoms with van der Waals surface area (Å²) in [6.07, 6.45) is -2.98. The average Bonchev–Trinajstić information content (AvgIpc) is 2.82. The second-order valence-corrected chi connectivity index (χ2v) is 8.16. The molecule has 0 spiro atoms. The second-order valence-electron chi connectivity index (χ2n) is 8.16. The van der Waals surface area contributed by atoms with Crippen LogP contribution in [0.5, 0.6) is 5.75 Å². The van der Waals surface area contributed by atoms with Crippen molar-refractivity contribution in [3.05, 3.63) is 65.9 Å². The number of alkyl halides is 3. The molecule has 0 aliphatic carbocycles. The molecule has 7 nitrogen and oxygen atoms in total. The third-order valence-corrected chi connectivity index (χ3v) is 5.45. The van der Waals surface area contributed by atoms with E-state index in [4.69, 9.17) is 4.74 Å². The topological polar surface area (TPSA) is 70.6 Å². The molecule has 0 saturated heterocycles. The van der Waals surface area contributed by atoms with Crippen molar-refractivity contribution in [3.8, 4) is 5.75 Å². The number of methoxy groups -OCH3 is 1. The number of urea groups is 1. The molecule has 178 valence electrons. The van der Waals surface area contributed by atoms with Gasteiger partial charge in [-0.3, -0.25) is 4.90 Å². The number of fused-ring (bicyclic) bond motifs is 1. The molecule has 0 saturated carbocycles. The number of ether oxygens (including phenoxy) is 1. The molecular weight excluding hydrogens is 447 g/mol. The number of aromatic nitrogens is 2. The lowest BCUT2D eigenvalue weighted by molar-refractivity contribution is -0.115. The first kappa shape index (κ1) is 23.3. The van der Waals surface area contributed by atoms with E-state index in [1.54, 1.807) is 48.4 Å². The number of nitrogens with zero attached hydrogens (tertiary/aromatic N) is 4. The van der Waals surface area contributed by atoms with Crippen molar-refractivity contribution in [2.24, 2.45) is 0 Å². The van der Waals surface area contributed by atoms with Crippen LogP contribution in [0.2, 0.25) is 0 Å². The van der Waals surface area contributed by atoms with Crippen LogP contribution in [0, 0.1) is 0 Å². The van der Waals surface area contributed by atoms with Gasteiger partial charge in [0.15, 0.2) is 5.82 Å². The summed E-state index contributed by atoms with van der Waals surface area (Å²) >= 11 is 0. The molecule has 2 aromatic carbocycles. The molecule has 34 heavy (non-hydrogen) atoms. The van der Waals surface area contributed by atoms with Gasteiger partial charge < -0.3 is 10.1 Å². The van der Waals surface area contributed by atoms with E-state index in [2.05, 4.69) is 29.1 Å². The highest BCUT2D eigenvalue weighted by molar-refractivity contribution is 6.10. The van der Waals surface area contributed by atoms with Gasteiger partial charge in [0.25, 0.3) is 0 Å². The Hall–Kier alpha value is -3.82. The zero-order valence-corrected chi connectivity index (χ0v) is 18.9. The van der Waals surface area contributed by atoms with Gasteiger partial charge in [-0.05, 0) is 47.9 Å². The standard InChI is InChI=1S/C24H24F3N5O2/c1-15(2)16-4-6-19(7-5-16)32-21-17(12-28-22(30-21)29-14-24(25,26)27)13-31(23(32)33)18-8-10-20(34-3)11-9-18/h4-12,15H,13-14H2,1-3H3,(H,28,29,30). The normalized spacial score (nSPS) is 13.8. The van der Waals surface area contributed by atoms with Crippen molar-refractivity contribution in [3.63, 3.8) is 0 Å². The van der Waals surface area contributed by atoms with Crippen molar-refractivity contribution < 1.29 is 22.7 Å². The van der Waals surface area contributed by atoms with Gasteiger partial charge in [-0.15, -0.1) is 0 Å². The lowest BCUT2D eigenvalue weighted by atomic mass is 10.0. The van der Waals surface area contributed by atoms with E-state index in [0.29, 0.717) is 28.6 Å². The van der Waals surface area contributed by atoms with Gasteiger partial charge in [-0.1, -0.05) is 26.0 Å². The second kappa shape index (κ2) is 9.20. The van der Waals surface area contributed by atoms with E-state index in [9.17, 15) is 18.0 Å². The Bertz CT molecular complexity index is 1160. The van der Waals surface area contributed by atoms with Gasteiger partial charge >= 0.3 is 12.2 Å². The maximum absolute atomic E-state index is 13.7. The SMILES string of the molecule is COc1ccc(N2Cc3cnc(NCC(F)(F)F)nc3N(c3ccc(C(C)C)cc3)C2=O)cc1. The molecule has 3 aromatic rings. The van der Waals surface area contributed by atoms with Crippen molar-refractivity contribution >= 4 is 29.2 Å². The monoisotopic (exact) mass is 471 g/mol. The number of carbonyl (C=O) groups is 1. The predicted molar refractivity (Wildman–Crippen MR) is 124 cm³/mol. The zero-order valence-electron chi connectivity index (χ0n) is 18.9. The fraction of sp³-hybridized carbons (Fsp3) is 0.292. The number of rotatable bonds is 6. The van der Waals surface area contributed by atoms with Crippen molar-refractivity contribution in [1.82, 2.24) is 9.97 Å². The van der Waals surface area contributed by atoms with E-state index in [1.807, 2.05) is 12.1 Å². The highest BCUT2D eigenvalue weighted by atomic mass is 19.4. The Morgan fingerprint density at radius 1 is 1.06 bits per heavy atom. The van der Waals surface area contributed by atoms with Crippen LogP contribution in [0.1, 0.15) is 30.9 Å². The number of halogens is 3. The van der Waals surface area contributed by atoms with Crippen molar-refractivity contribution in [2.75, 3.05) is 28.8 Å². The lowest BCUT2D eigenvalue weighted by Gasteiger charge is -2.36. The number of nitrogens with one attached hydrogen (secondary N) is 1. The van der Waals surface area contributed by atoms with Gasteiger partial charge in [0.1, 0.15) is 12.3 Å². The Morgan fingerprint density at radius 2 is 1.71 bits per heavy atom. The summed E-state index contributed by atoms with van der Waals surface area (Å²) < 4.78 is 43.2. The predicted octanol–water partition coefficient (Wildman–Crippen LogP) is 5.86. The zero-order chi connectivity index (χ0) is 24.5. The molecule has 2 amide bonds. The summed E-state index contributed by atoms with van der Waals surface area (Å²) in [5.74, 6) is 0.991. The van der Waals surface area contributed by atoms with Crippen LogP contribution in [0.3, 0.4) is 0 Å². The average molecular weight is 471 g/mol. The summed E-state index contributed by atoms with van der Waals surface area (Å²) in [5.41, 5.74) is 2.88. The number of hydrogen-bond donors (Lipinski definition) is 1. The fourth-order valence-electron chi connectivity index (χ4n) is 3.62. The third-order valence-electron chi connectivity index (χ3n) is 5.45. The Balaban J connectivity index is 1.75. The van der Waals surface area contributed by atoms with E-state index in [0.717, 1.165) is 5.56 Å². The number of amides is 2.